The maximum atomic E-state index is 10.9. The highest BCUT2D eigenvalue weighted by Crippen LogP contribution is 2.31. The number of aromatic nitrogens is 4. The van der Waals surface area contributed by atoms with Crippen molar-refractivity contribution in [3.63, 3.8) is 0 Å². The van der Waals surface area contributed by atoms with Crippen LogP contribution in [0.2, 0.25) is 0 Å². The van der Waals surface area contributed by atoms with Crippen LogP contribution in [0.1, 0.15) is 12.5 Å². The predicted octanol–water partition coefficient (Wildman–Crippen LogP) is 2.91. The van der Waals surface area contributed by atoms with Gasteiger partial charge in [-0.25, -0.2) is 4.98 Å². The number of hydrazine groups is 2. The van der Waals surface area contributed by atoms with Crippen molar-refractivity contribution in [3.8, 4) is 11.3 Å². The molecule has 0 fully saturated rings. The molecule has 0 atom stereocenters. The molecule has 5 rings (SSSR count). The molecule has 0 amide bonds. The van der Waals surface area contributed by atoms with Gasteiger partial charge in [0.2, 0.25) is 0 Å². The molecule has 9 nitrogen and oxygen atoms in total. The first-order chi connectivity index (χ1) is 15.2. The van der Waals surface area contributed by atoms with Gasteiger partial charge < -0.3 is 10.2 Å². The van der Waals surface area contributed by atoms with Gasteiger partial charge in [-0.1, -0.05) is 12.1 Å². The third-order valence-electron chi connectivity index (χ3n) is 5.02. The molecule has 0 saturated carbocycles. The molecule has 0 unspecified atom stereocenters. The molecule has 2 N–H and O–H groups in total. The lowest BCUT2D eigenvalue weighted by Crippen LogP contribution is -2.35. The van der Waals surface area contributed by atoms with Crippen molar-refractivity contribution >= 4 is 28.4 Å². The van der Waals surface area contributed by atoms with Gasteiger partial charge >= 0.3 is 5.97 Å². The zero-order chi connectivity index (χ0) is 21.2. The first-order valence-corrected chi connectivity index (χ1v) is 9.96. The highest BCUT2D eigenvalue weighted by molar-refractivity contribution is 5.79. The summed E-state index contributed by atoms with van der Waals surface area (Å²) in [6, 6.07) is 14.2. The van der Waals surface area contributed by atoms with Crippen molar-refractivity contribution < 1.29 is 9.53 Å². The number of nitrogens with one attached hydrogen (secondary N) is 2. The van der Waals surface area contributed by atoms with E-state index in [9.17, 15) is 4.79 Å². The molecular formula is C22H21N7O2. The van der Waals surface area contributed by atoms with E-state index < -0.39 is 0 Å². The molecule has 31 heavy (non-hydrogen) atoms. The summed E-state index contributed by atoms with van der Waals surface area (Å²) in [7, 11) is 0. The van der Waals surface area contributed by atoms with Crippen LogP contribution >= 0.6 is 0 Å². The molecule has 4 heterocycles. The molecule has 0 saturated heterocycles. The fourth-order valence-corrected chi connectivity index (χ4v) is 3.51. The van der Waals surface area contributed by atoms with Gasteiger partial charge in [0.05, 0.1) is 36.2 Å². The van der Waals surface area contributed by atoms with Crippen molar-refractivity contribution in [2.45, 2.75) is 20.0 Å². The van der Waals surface area contributed by atoms with Crippen LogP contribution in [0.4, 0.5) is 11.5 Å². The number of fused-ring (bicyclic) bond motifs is 2. The summed E-state index contributed by atoms with van der Waals surface area (Å²) in [6.45, 7) is 2.82. The monoisotopic (exact) mass is 415 g/mol. The topological polar surface area (TPSA) is 97.2 Å². The van der Waals surface area contributed by atoms with Gasteiger partial charge in [-0.3, -0.25) is 19.5 Å². The zero-order valence-corrected chi connectivity index (χ0v) is 16.9. The molecule has 0 spiro atoms. The van der Waals surface area contributed by atoms with Crippen LogP contribution in [0, 0.1) is 0 Å². The molecule has 4 aromatic rings. The SMILES string of the molecule is CC(=O)OCCn1cc(-c2ccc3c(n2)N(Cc2ccc4ncccc4c2)NN3)cn1. The maximum Gasteiger partial charge on any atom is 0.302 e. The van der Waals surface area contributed by atoms with Gasteiger partial charge in [0.1, 0.15) is 6.61 Å². The van der Waals surface area contributed by atoms with Crippen LogP contribution in [0.25, 0.3) is 22.2 Å². The number of nitrogens with zero attached hydrogens (tertiary/aromatic N) is 5. The number of pyridine rings is 2. The first-order valence-electron chi connectivity index (χ1n) is 9.96. The Morgan fingerprint density at radius 3 is 3.03 bits per heavy atom. The van der Waals surface area contributed by atoms with Crippen LogP contribution in [0.5, 0.6) is 0 Å². The summed E-state index contributed by atoms with van der Waals surface area (Å²) in [4.78, 5) is 20.1. The average molecular weight is 415 g/mol. The van der Waals surface area contributed by atoms with Gasteiger partial charge in [-0.15, -0.1) is 5.53 Å². The van der Waals surface area contributed by atoms with E-state index in [2.05, 4.69) is 39.2 Å². The third-order valence-corrected chi connectivity index (χ3v) is 5.02. The summed E-state index contributed by atoms with van der Waals surface area (Å²) in [6.07, 6.45) is 5.46. The maximum absolute atomic E-state index is 10.9. The average Bonchev–Trinajstić information content (AvgIpc) is 3.40. The van der Waals surface area contributed by atoms with Gasteiger partial charge in [0.25, 0.3) is 0 Å². The Labute approximate surface area is 178 Å². The Bertz CT molecular complexity index is 1250. The van der Waals surface area contributed by atoms with E-state index in [0.717, 1.165) is 39.2 Å². The molecule has 9 heteroatoms. The van der Waals surface area contributed by atoms with Crippen LogP contribution in [-0.2, 0) is 22.6 Å². The number of rotatable bonds is 6. The molecule has 1 aliphatic rings. The molecule has 156 valence electrons. The molecule has 0 aliphatic carbocycles. The first kappa shape index (κ1) is 19.0. The van der Waals surface area contributed by atoms with E-state index in [1.54, 1.807) is 17.1 Å². The summed E-state index contributed by atoms with van der Waals surface area (Å²) in [5.41, 5.74) is 11.1. The van der Waals surface area contributed by atoms with Crippen molar-refractivity contribution in [3.05, 3.63) is 66.6 Å². The quantitative estimate of drug-likeness (QED) is 0.464. The molecule has 1 aliphatic heterocycles. The Hall–Kier alpha value is -3.98. The van der Waals surface area contributed by atoms with E-state index in [0.29, 0.717) is 13.1 Å². The summed E-state index contributed by atoms with van der Waals surface area (Å²) in [5.74, 6) is 0.520. The highest BCUT2D eigenvalue weighted by Gasteiger charge is 2.21. The predicted molar refractivity (Wildman–Crippen MR) is 117 cm³/mol. The second kappa shape index (κ2) is 8.04. The lowest BCUT2D eigenvalue weighted by Gasteiger charge is -2.17. The Kier molecular flexibility index (Phi) is 4.93. The second-order valence-corrected chi connectivity index (χ2v) is 7.25. The van der Waals surface area contributed by atoms with E-state index in [1.807, 2.05) is 35.5 Å². The summed E-state index contributed by atoms with van der Waals surface area (Å²) >= 11 is 0. The number of ether oxygens (including phenoxy) is 1. The van der Waals surface area contributed by atoms with Crippen LogP contribution in [-0.4, -0.2) is 32.3 Å². The van der Waals surface area contributed by atoms with Gasteiger partial charge in [0.15, 0.2) is 5.82 Å². The summed E-state index contributed by atoms with van der Waals surface area (Å²) in [5, 5.41) is 7.41. The van der Waals surface area contributed by atoms with E-state index >= 15 is 0 Å². The minimum Gasteiger partial charge on any atom is -0.464 e. The second-order valence-electron chi connectivity index (χ2n) is 7.25. The van der Waals surface area contributed by atoms with Crippen LogP contribution in [0.15, 0.2) is 61.1 Å². The smallest absolute Gasteiger partial charge is 0.302 e. The standard InChI is InChI=1S/C22H21N7O2/c1-15(30)31-10-9-28-14-18(12-24-28)20-6-7-21-22(25-20)29(27-26-21)13-16-4-5-19-17(11-16)3-2-8-23-19/h2-8,11-12,14,26-27H,9-10,13H2,1H3. The van der Waals surface area contributed by atoms with E-state index in [-0.39, 0.29) is 12.6 Å². The summed E-state index contributed by atoms with van der Waals surface area (Å²) < 4.78 is 6.72. The van der Waals surface area contributed by atoms with E-state index in [1.165, 1.54) is 6.92 Å². The largest absolute Gasteiger partial charge is 0.464 e. The Morgan fingerprint density at radius 1 is 1.19 bits per heavy atom. The zero-order valence-electron chi connectivity index (χ0n) is 16.9. The van der Waals surface area contributed by atoms with Crippen LogP contribution in [0.3, 0.4) is 0 Å². The molecule has 0 radical (unpaired) electrons. The fourth-order valence-electron chi connectivity index (χ4n) is 3.51. The fraction of sp³-hybridized carbons (Fsp3) is 0.182. The van der Waals surface area contributed by atoms with Gasteiger partial charge in [-0.2, -0.15) is 5.10 Å². The number of anilines is 2. The van der Waals surface area contributed by atoms with Crippen molar-refractivity contribution in [1.82, 2.24) is 25.3 Å². The van der Waals surface area contributed by atoms with Gasteiger partial charge in [-0.05, 0) is 35.9 Å². The van der Waals surface area contributed by atoms with Crippen LogP contribution < -0.4 is 16.0 Å². The van der Waals surface area contributed by atoms with E-state index in [4.69, 9.17) is 9.72 Å². The molecule has 1 aromatic carbocycles. The minimum atomic E-state index is -0.296. The Balaban J connectivity index is 1.34. The number of benzene rings is 1. The van der Waals surface area contributed by atoms with Crippen molar-refractivity contribution in [2.75, 3.05) is 17.0 Å². The van der Waals surface area contributed by atoms with Crippen molar-refractivity contribution in [2.24, 2.45) is 0 Å². The van der Waals surface area contributed by atoms with Crippen molar-refractivity contribution in [1.29, 1.82) is 0 Å². The molecule has 3 aromatic heterocycles. The minimum absolute atomic E-state index is 0.289. The highest BCUT2D eigenvalue weighted by atomic mass is 16.5. The Morgan fingerprint density at radius 2 is 2.13 bits per heavy atom. The lowest BCUT2D eigenvalue weighted by atomic mass is 10.1. The van der Waals surface area contributed by atoms with Gasteiger partial charge in [0, 0.05) is 30.3 Å². The number of hydrogen-bond acceptors (Lipinski definition) is 8. The number of hydrogen-bond donors (Lipinski definition) is 2. The normalized spacial score (nSPS) is 12.6. The number of esters is 1. The number of carbonyl (C=O) groups is 1. The molecule has 0 bridgehead atoms. The number of carbonyl (C=O) groups excluding carboxylic acids is 1. The third kappa shape index (κ3) is 4.03. The molecular weight excluding hydrogens is 394 g/mol. The lowest BCUT2D eigenvalue weighted by molar-refractivity contribution is -0.141.